The van der Waals surface area contributed by atoms with Gasteiger partial charge in [-0.15, -0.1) is 0 Å². The molecule has 0 spiro atoms. The molecule has 42 heavy (non-hydrogen) atoms. The van der Waals surface area contributed by atoms with Crippen LogP contribution in [0.5, 0.6) is 0 Å². The molecule has 220 valence electrons. The first-order valence-corrected chi connectivity index (χ1v) is 13.4. The van der Waals surface area contributed by atoms with Crippen molar-refractivity contribution in [2.45, 2.75) is 32.8 Å². The lowest BCUT2D eigenvalue weighted by molar-refractivity contribution is 0.0263. The van der Waals surface area contributed by atoms with E-state index in [0.717, 1.165) is 0 Å². The summed E-state index contributed by atoms with van der Waals surface area (Å²) in [7, 11) is 0. The molecule has 3 aromatic rings. The van der Waals surface area contributed by atoms with Gasteiger partial charge in [-0.25, -0.2) is 24.5 Å². The summed E-state index contributed by atoms with van der Waals surface area (Å²) in [5, 5.41) is 15.0. The van der Waals surface area contributed by atoms with Crippen LogP contribution in [0.1, 0.15) is 58.4 Å². The highest BCUT2D eigenvalue weighted by atomic mass is 35.5. The molecule has 4 rings (SSSR count). The molecule has 3 amide bonds. The average Bonchev–Trinajstić information content (AvgIpc) is 3.20. The van der Waals surface area contributed by atoms with Crippen LogP contribution >= 0.6 is 11.6 Å². The highest BCUT2D eigenvalue weighted by Crippen LogP contribution is 2.22. The van der Waals surface area contributed by atoms with Gasteiger partial charge in [0, 0.05) is 32.4 Å². The van der Waals surface area contributed by atoms with E-state index >= 15 is 0 Å². The zero-order chi connectivity index (χ0) is 30.4. The minimum atomic E-state index is -1.23. The second-order valence-electron chi connectivity index (χ2n) is 10.4. The van der Waals surface area contributed by atoms with E-state index in [1.54, 1.807) is 11.0 Å². The zero-order valence-electron chi connectivity index (χ0n) is 23.3. The van der Waals surface area contributed by atoms with Gasteiger partial charge >= 0.3 is 12.1 Å². The van der Waals surface area contributed by atoms with Crippen molar-refractivity contribution in [2.75, 3.05) is 41.7 Å². The van der Waals surface area contributed by atoms with Gasteiger partial charge in [0.25, 0.3) is 11.8 Å². The summed E-state index contributed by atoms with van der Waals surface area (Å²) in [6.45, 7) is 7.57. The maximum atomic E-state index is 13.0. The molecule has 1 aliphatic rings. The van der Waals surface area contributed by atoms with Crippen LogP contribution in [0.2, 0.25) is 5.02 Å². The van der Waals surface area contributed by atoms with Crippen LogP contribution in [0.4, 0.5) is 22.1 Å². The number of ether oxygens (including phenoxy) is 1. The third kappa shape index (κ3) is 7.91. The Morgan fingerprint density at radius 3 is 2.33 bits per heavy atom. The molecule has 0 bridgehead atoms. The Morgan fingerprint density at radius 2 is 1.69 bits per heavy atom. The first kappa shape index (κ1) is 30.2. The van der Waals surface area contributed by atoms with E-state index in [1.807, 2.05) is 25.7 Å². The van der Waals surface area contributed by atoms with E-state index in [0.29, 0.717) is 43.4 Å². The molecule has 0 aliphatic carbocycles. The molecule has 2 aromatic heterocycles. The van der Waals surface area contributed by atoms with Crippen molar-refractivity contribution < 1.29 is 29.0 Å². The monoisotopic (exact) mass is 595 g/mol. The molecule has 0 atom stereocenters. The van der Waals surface area contributed by atoms with Crippen molar-refractivity contribution in [1.82, 2.24) is 19.9 Å². The summed E-state index contributed by atoms with van der Waals surface area (Å²) in [4.78, 5) is 66.2. The number of carboxylic acids is 1. The van der Waals surface area contributed by atoms with Crippen LogP contribution in [0.15, 0.2) is 48.9 Å². The molecule has 3 heterocycles. The Morgan fingerprint density at radius 1 is 0.905 bits per heavy atom. The number of nitrogens with zero attached hydrogens (tertiary/aromatic N) is 5. The number of rotatable bonds is 6. The van der Waals surface area contributed by atoms with Crippen LogP contribution < -0.4 is 15.5 Å². The number of hydrogen-bond acceptors (Lipinski definition) is 9. The van der Waals surface area contributed by atoms with Gasteiger partial charge in [0.05, 0.1) is 34.2 Å². The van der Waals surface area contributed by atoms with Gasteiger partial charge in [-0.3, -0.25) is 9.59 Å². The van der Waals surface area contributed by atoms with Gasteiger partial charge in [0.1, 0.15) is 22.9 Å². The summed E-state index contributed by atoms with van der Waals surface area (Å²) in [6.07, 6.45) is 4.43. The molecule has 0 radical (unpaired) electrons. The van der Waals surface area contributed by atoms with Gasteiger partial charge in [0.15, 0.2) is 0 Å². The van der Waals surface area contributed by atoms with Crippen molar-refractivity contribution in [3.8, 4) is 0 Å². The largest absolute Gasteiger partial charge is 0.478 e. The van der Waals surface area contributed by atoms with Crippen LogP contribution in [0, 0.1) is 0 Å². The van der Waals surface area contributed by atoms with Gasteiger partial charge in [-0.1, -0.05) is 11.6 Å². The lowest BCUT2D eigenvalue weighted by atomic mass is 10.1. The Bertz CT molecular complexity index is 1480. The highest BCUT2D eigenvalue weighted by Gasteiger charge is 2.25. The normalized spacial score (nSPS) is 13.6. The smallest absolute Gasteiger partial charge is 0.410 e. The average molecular weight is 596 g/mol. The molecular weight excluding hydrogens is 566 g/mol. The summed E-state index contributed by atoms with van der Waals surface area (Å²) < 4.78 is 5.47. The summed E-state index contributed by atoms with van der Waals surface area (Å²) in [6, 6.07) is 6.77. The summed E-state index contributed by atoms with van der Waals surface area (Å²) in [5.41, 5.74) is -0.788. The molecule has 1 fully saturated rings. The predicted octanol–water partition coefficient (Wildman–Crippen LogP) is 4.18. The Kier molecular flexibility index (Phi) is 9.21. The first-order valence-electron chi connectivity index (χ1n) is 13.1. The van der Waals surface area contributed by atoms with Crippen molar-refractivity contribution in [1.29, 1.82) is 0 Å². The lowest BCUT2D eigenvalue weighted by Gasteiger charge is -2.26. The summed E-state index contributed by atoms with van der Waals surface area (Å²) in [5.74, 6) is -1.81. The number of benzene rings is 1. The number of carbonyl (C=O) groups excluding carboxylic acids is 3. The van der Waals surface area contributed by atoms with Crippen LogP contribution in [0.3, 0.4) is 0 Å². The van der Waals surface area contributed by atoms with Gasteiger partial charge in [0.2, 0.25) is 0 Å². The van der Waals surface area contributed by atoms with E-state index in [4.69, 9.17) is 16.3 Å². The van der Waals surface area contributed by atoms with E-state index < -0.39 is 23.4 Å². The molecule has 1 aliphatic heterocycles. The fraction of sp³-hybridized carbons (Fsp3) is 0.321. The highest BCUT2D eigenvalue weighted by molar-refractivity contribution is 6.30. The number of aromatic nitrogens is 3. The predicted molar refractivity (Wildman–Crippen MR) is 155 cm³/mol. The van der Waals surface area contributed by atoms with Crippen LogP contribution in [0.25, 0.3) is 0 Å². The number of anilines is 3. The summed E-state index contributed by atoms with van der Waals surface area (Å²) >= 11 is 5.84. The quantitative estimate of drug-likeness (QED) is 0.376. The Balaban J connectivity index is 1.45. The first-order chi connectivity index (χ1) is 19.9. The number of aromatic carboxylic acids is 1. The van der Waals surface area contributed by atoms with Crippen LogP contribution in [-0.2, 0) is 4.74 Å². The molecule has 0 unspecified atom stereocenters. The minimum Gasteiger partial charge on any atom is -0.478 e. The van der Waals surface area contributed by atoms with Gasteiger partial charge in [-0.2, -0.15) is 0 Å². The molecule has 1 aromatic carbocycles. The van der Waals surface area contributed by atoms with E-state index in [2.05, 4.69) is 25.6 Å². The van der Waals surface area contributed by atoms with Crippen molar-refractivity contribution >= 4 is 52.8 Å². The van der Waals surface area contributed by atoms with Crippen molar-refractivity contribution in [2.24, 2.45) is 0 Å². The van der Waals surface area contributed by atoms with Crippen molar-refractivity contribution in [3.63, 3.8) is 0 Å². The number of halogens is 1. The third-order valence-electron chi connectivity index (χ3n) is 6.07. The number of amides is 3. The van der Waals surface area contributed by atoms with E-state index in [-0.39, 0.29) is 34.4 Å². The Hall–Kier alpha value is -4.78. The van der Waals surface area contributed by atoms with Crippen LogP contribution in [-0.4, -0.2) is 80.6 Å². The second-order valence-corrected chi connectivity index (χ2v) is 10.8. The topological polar surface area (TPSA) is 167 Å². The second kappa shape index (κ2) is 12.8. The molecular formula is C28H30ClN7O6. The van der Waals surface area contributed by atoms with Gasteiger partial charge in [-0.05, 0) is 57.5 Å². The number of pyridine rings is 1. The Labute approximate surface area is 246 Å². The lowest BCUT2D eigenvalue weighted by Crippen LogP contribution is -2.39. The van der Waals surface area contributed by atoms with Crippen molar-refractivity contribution in [3.05, 3.63) is 70.8 Å². The zero-order valence-corrected chi connectivity index (χ0v) is 24.0. The number of hydrogen-bond donors (Lipinski definition) is 3. The maximum absolute atomic E-state index is 13.0. The fourth-order valence-corrected chi connectivity index (χ4v) is 4.17. The standard InChI is InChI=1S/C28H30ClN7O6/c1-28(2,3)42-27(41)36-10-4-9-35(11-12-36)23-16-30-21(15-32-23)25(38)33-20-13-17(26(39)40)5-7-19(20)24(37)34-22-8-6-18(29)14-31-22/h5-8,13-16H,4,9-12H2,1-3H3,(H,33,38)(H,39,40)(H,31,34,37). The molecule has 1 saturated heterocycles. The number of carbonyl (C=O) groups is 4. The number of nitrogens with one attached hydrogen (secondary N) is 2. The van der Waals surface area contributed by atoms with E-state index in [9.17, 15) is 24.3 Å². The third-order valence-corrected chi connectivity index (χ3v) is 6.29. The van der Waals surface area contributed by atoms with Gasteiger partial charge < -0.3 is 30.3 Å². The minimum absolute atomic E-state index is 0.00814. The molecule has 14 heteroatoms. The molecule has 13 nitrogen and oxygen atoms in total. The SMILES string of the molecule is CC(C)(C)OC(=O)N1CCCN(c2cnc(C(=O)Nc3cc(C(=O)O)ccc3C(=O)Nc3ccc(Cl)cn3)cn2)CC1. The van der Waals surface area contributed by atoms with E-state index in [1.165, 1.54) is 42.9 Å². The fourth-order valence-electron chi connectivity index (χ4n) is 4.06. The maximum Gasteiger partial charge on any atom is 0.410 e. The molecule has 0 saturated carbocycles. The number of carboxylic acid groups (broad SMARTS) is 1. The molecule has 3 N–H and O–H groups in total.